The van der Waals surface area contributed by atoms with Gasteiger partial charge in [-0.15, -0.1) is 0 Å². The van der Waals surface area contributed by atoms with E-state index in [-0.39, 0.29) is 5.91 Å². The van der Waals surface area contributed by atoms with E-state index in [2.05, 4.69) is 42.6 Å². The molecule has 1 aliphatic rings. The first-order chi connectivity index (χ1) is 16.0. The minimum atomic E-state index is -0.568. The molecule has 0 saturated carbocycles. The molecule has 2 amide bonds. The Morgan fingerprint density at radius 2 is 1.70 bits per heavy atom. The third-order valence-corrected chi connectivity index (χ3v) is 6.32. The lowest BCUT2D eigenvalue weighted by Gasteiger charge is -2.28. The third-order valence-electron chi connectivity index (χ3n) is 6.32. The fourth-order valence-electron chi connectivity index (χ4n) is 4.42. The number of fused-ring (bicyclic) bond motifs is 1. The van der Waals surface area contributed by atoms with E-state index in [4.69, 9.17) is 5.73 Å². The van der Waals surface area contributed by atoms with E-state index in [0.29, 0.717) is 19.4 Å². The van der Waals surface area contributed by atoms with Gasteiger partial charge in [0, 0.05) is 5.69 Å². The average molecular weight is 442 g/mol. The first kappa shape index (κ1) is 22.7. The summed E-state index contributed by atoms with van der Waals surface area (Å²) in [5.41, 5.74) is 11.2. The van der Waals surface area contributed by atoms with E-state index >= 15 is 0 Å². The van der Waals surface area contributed by atoms with Crippen LogP contribution in [0, 0.1) is 6.92 Å². The van der Waals surface area contributed by atoms with Crippen molar-refractivity contribution < 1.29 is 9.59 Å². The zero-order valence-corrected chi connectivity index (χ0v) is 19.0. The number of amides is 2. The second-order valence-electron chi connectivity index (χ2n) is 8.78. The number of nitrogens with one attached hydrogen (secondary N) is 1. The molecule has 0 radical (unpaired) electrons. The van der Waals surface area contributed by atoms with E-state index < -0.39 is 18.0 Å². The van der Waals surface area contributed by atoms with E-state index in [1.165, 1.54) is 5.56 Å². The molecule has 0 saturated heterocycles. The van der Waals surface area contributed by atoms with Crippen LogP contribution in [-0.2, 0) is 29.0 Å². The molecule has 33 heavy (non-hydrogen) atoms. The zero-order chi connectivity index (χ0) is 23.2. The Kier molecular flexibility index (Phi) is 7.20. The summed E-state index contributed by atoms with van der Waals surface area (Å²) >= 11 is 0. The van der Waals surface area contributed by atoms with Crippen LogP contribution in [0.5, 0.6) is 0 Å². The number of rotatable bonds is 8. The number of benzene rings is 3. The zero-order valence-electron chi connectivity index (χ0n) is 19.0. The molecule has 0 aliphatic carbocycles. The molecule has 4 rings (SSSR count). The van der Waals surface area contributed by atoms with E-state index in [1.807, 2.05) is 53.4 Å². The molecule has 0 bridgehead atoms. The summed E-state index contributed by atoms with van der Waals surface area (Å²) in [6.45, 7) is 2.54. The molecule has 1 aliphatic heterocycles. The molecule has 2 atom stereocenters. The molecule has 0 unspecified atom stereocenters. The van der Waals surface area contributed by atoms with E-state index in [0.717, 1.165) is 35.2 Å². The Morgan fingerprint density at radius 1 is 1.00 bits per heavy atom. The Bertz CT molecular complexity index is 1100. The normalized spacial score (nSPS) is 16.7. The number of anilines is 1. The molecule has 5 heteroatoms. The van der Waals surface area contributed by atoms with Crippen LogP contribution < -0.4 is 16.0 Å². The van der Waals surface area contributed by atoms with Crippen molar-refractivity contribution >= 4 is 17.5 Å². The van der Waals surface area contributed by atoms with Gasteiger partial charge in [0.1, 0.15) is 0 Å². The maximum Gasteiger partial charge on any atom is 0.244 e. The van der Waals surface area contributed by atoms with Gasteiger partial charge in [0.2, 0.25) is 11.8 Å². The van der Waals surface area contributed by atoms with Crippen LogP contribution in [0.4, 0.5) is 5.69 Å². The Morgan fingerprint density at radius 3 is 2.42 bits per heavy atom. The van der Waals surface area contributed by atoms with Gasteiger partial charge in [-0.3, -0.25) is 14.9 Å². The highest BCUT2D eigenvalue weighted by molar-refractivity contribution is 5.99. The smallest absolute Gasteiger partial charge is 0.244 e. The van der Waals surface area contributed by atoms with Crippen molar-refractivity contribution in [2.24, 2.45) is 5.73 Å². The molecular formula is C28H31N3O2. The molecule has 5 nitrogen and oxygen atoms in total. The van der Waals surface area contributed by atoms with Gasteiger partial charge in [0.25, 0.3) is 0 Å². The lowest BCUT2D eigenvalue weighted by atomic mass is 10.0. The predicted molar refractivity (Wildman–Crippen MR) is 132 cm³/mol. The van der Waals surface area contributed by atoms with Crippen LogP contribution in [0.25, 0.3) is 0 Å². The molecule has 3 N–H and O–H groups in total. The molecule has 170 valence electrons. The molecule has 1 heterocycles. The molecule has 0 aromatic heterocycles. The van der Waals surface area contributed by atoms with Gasteiger partial charge in [-0.1, -0.05) is 78.4 Å². The van der Waals surface area contributed by atoms with Crippen molar-refractivity contribution in [3.8, 4) is 0 Å². The average Bonchev–Trinajstić information content (AvgIpc) is 2.95. The van der Waals surface area contributed by atoms with Crippen molar-refractivity contribution in [1.82, 2.24) is 5.32 Å². The van der Waals surface area contributed by atoms with E-state index in [9.17, 15) is 9.59 Å². The SMILES string of the molecule is Cc1ccc(CN2C(=O)[C@@H](N[C@@H](CCc3ccccc3)C(N)=O)CCc3ccccc32)cc1. The molecule has 3 aromatic rings. The van der Waals surface area contributed by atoms with E-state index in [1.54, 1.807) is 0 Å². The quantitative estimate of drug-likeness (QED) is 0.556. The first-order valence-corrected chi connectivity index (χ1v) is 11.6. The summed E-state index contributed by atoms with van der Waals surface area (Å²) in [5, 5.41) is 3.31. The number of carbonyl (C=O) groups excluding carboxylic acids is 2. The van der Waals surface area contributed by atoms with Gasteiger partial charge in [-0.2, -0.15) is 0 Å². The minimum Gasteiger partial charge on any atom is -0.368 e. The van der Waals surface area contributed by atoms with Crippen LogP contribution in [0.3, 0.4) is 0 Å². The highest BCUT2D eigenvalue weighted by atomic mass is 16.2. The van der Waals surface area contributed by atoms with Crippen molar-refractivity contribution in [2.75, 3.05) is 4.90 Å². The largest absolute Gasteiger partial charge is 0.368 e. The number of nitrogens with zero attached hydrogens (tertiary/aromatic N) is 1. The fourth-order valence-corrected chi connectivity index (χ4v) is 4.42. The number of carbonyl (C=O) groups is 2. The fraction of sp³-hybridized carbons (Fsp3) is 0.286. The highest BCUT2D eigenvalue weighted by Gasteiger charge is 2.32. The van der Waals surface area contributed by atoms with Gasteiger partial charge in [-0.05, 0) is 55.4 Å². The number of hydrogen-bond donors (Lipinski definition) is 2. The van der Waals surface area contributed by atoms with Crippen LogP contribution >= 0.6 is 0 Å². The topological polar surface area (TPSA) is 75.4 Å². The summed E-state index contributed by atoms with van der Waals surface area (Å²) in [6, 6.07) is 25.3. The second kappa shape index (κ2) is 10.5. The maximum atomic E-state index is 13.7. The van der Waals surface area contributed by atoms with Crippen molar-refractivity contribution in [2.45, 2.75) is 51.2 Å². The van der Waals surface area contributed by atoms with Gasteiger partial charge in [-0.25, -0.2) is 0 Å². The predicted octanol–water partition coefficient (Wildman–Crippen LogP) is 3.92. The van der Waals surface area contributed by atoms with Crippen molar-refractivity contribution in [3.63, 3.8) is 0 Å². The van der Waals surface area contributed by atoms with Gasteiger partial charge < -0.3 is 10.6 Å². The van der Waals surface area contributed by atoms with Gasteiger partial charge >= 0.3 is 0 Å². The minimum absolute atomic E-state index is 0.0218. The van der Waals surface area contributed by atoms with Gasteiger partial charge in [0.05, 0.1) is 18.6 Å². The number of primary amides is 1. The van der Waals surface area contributed by atoms with Crippen LogP contribution in [0.15, 0.2) is 78.9 Å². The van der Waals surface area contributed by atoms with Crippen molar-refractivity contribution in [3.05, 3.63) is 101 Å². The maximum absolute atomic E-state index is 13.7. The standard InChI is InChI=1S/C28H31N3O2/c1-20-11-13-22(14-12-20)19-31-26-10-6-5-9-23(26)16-18-25(28(31)33)30-24(27(29)32)17-15-21-7-3-2-4-8-21/h2-14,24-25,30H,15-19H2,1H3,(H2,29,32)/t24-,25-/m0/s1. The van der Waals surface area contributed by atoms with Crippen molar-refractivity contribution in [1.29, 1.82) is 0 Å². The molecule has 0 fully saturated rings. The highest BCUT2D eigenvalue weighted by Crippen LogP contribution is 2.29. The monoisotopic (exact) mass is 441 g/mol. The Labute approximate surface area is 195 Å². The summed E-state index contributed by atoms with van der Waals surface area (Å²) in [7, 11) is 0. The second-order valence-corrected chi connectivity index (χ2v) is 8.78. The first-order valence-electron chi connectivity index (χ1n) is 11.6. The third kappa shape index (κ3) is 5.68. The molecule has 3 aromatic carbocycles. The summed E-state index contributed by atoms with van der Waals surface area (Å²) in [4.78, 5) is 27.8. The van der Waals surface area contributed by atoms with Gasteiger partial charge in [0.15, 0.2) is 0 Å². The summed E-state index contributed by atoms with van der Waals surface area (Å²) in [6.07, 6.45) is 2.65. The van der Waals surface area contributed by atoms with Crippen LogP contribution in [0.2, 0.25) is 0 Å². The van der Waals surface area contributed by atoms with Crippen LogP contribution in [-0.4, -0.2) is 23.9 Å². The lowest BCUT2D eigenvalue weighted by Crippen LogP contribution is -2.53. The molecular weight excluding hydrogens is 410 g/mol. The number of nitrogens with two attached hydrogens (primary N) is 1. The number of para-hydroxylation sites is 1. The summed E-state index contributed by atoms with van der Waals surface area (Å²) in [5.74, 6) is -0.447. The lowest BCUT2D eigenvalue weighted by molar-refractivity contribution is -0.123. The molecule has 0 spiro atoms. The Hall–Kier alpha value is -3.44. The number of aryl methyl sites for hydroxylation is 3. The van der Waals surface area contributed by atoms with Crippen LogP contribution in [0.1, 0.15) is 35.1 Å². The summed E-state index contributed by atoms with van der Waals surface area (Å²) < 4.78 is 0. The number of hydrogen-bond acceptors (Lipinski definition) is 3. The Balaban J connectivity index is 1.54.